The Kier molecular flexibility index (Phi) is 10.2. The lowest BCUT2D eigenvalue weighted by atomic mass is 10.1. The molecule has 1 aliphatic heterocycles. The second kappa shape index (κ2) is 14.2. The molecule has 1 aliphatic rings. The lowest BCUT2D eigenvalue weighted by Gasteiger charge is -2.27. The van der Waals surface area contributed by atoms with Crippen LogP contribution in [0.5, 0.6) is 23.0 Å². The van der Waals surface area contributed by atoms with Crippen LogP contribution < -0.4 is 34.5 Å². The fourth-order valence-corrected chi connectivity index (χ4v) is 4.28. The molecular formula is C31H30ClN3O8. The molecule has 0 atom stereocenters. The van der Waals surface area contributed by atoms with Gasteiger partial charge >= 0.3 is 6.03 Å². The smallest absolute Gasteiger partial charge is 0.335 e. The number of benzene rings is 3. The first-order chi connectivity index (χ1) is 20.7. The van der Waals surface area contributed by atoms with Gasteiger partial charge < -0.3 is 24.3 Å². The zero-order valence-corrected chi connectivity index (χ0v) is 24.5. The Hall–Kier alpha value is -5.03. The monoisotopic (exact) mass is 607 g/mol. The van der Waals surface area contributed by atoms with E-state index in [1.54, 1.807) is 50.4 Å². The van der Waals surface area contributed by atoms with Crippen molar-refractivity contribution in [2.45, 2.75) is 20.3 Å². The number of hydrogen-bond donors (Lipinski definition) is 2. The van der Waals surface area contributed by atoms with E-state index in [0.29, 0.717) is 41.7 Å². The quantitative estimate of drug-likeness (QED) is 0.212. The Bertz CT molecular complexity index is 1560. The summed E-state index contributed by atoms with van der Waals surface area (Å²) < 4.78 is 22.0. The maximum absolute atomic E-state index is 13.4. The Morgan fingerprint density at radius 1 is 0.930 bits per heavy atom. The molecule has 0 aliphatic carbocycles. The number of rotatable bonds is 12. The maximum Gasteiger partial charge on any atom is 0.335 e. The van der Waals surface area contributed by atoms with Crippen LogP contribution in [0.25, 0.3) is 6.08 Å². The van der Waals surface area contributed by atoms with Crippen LogP contribution in [0, 0.1) is 0 Å². The summed E-state index contributed by atoms with van der Waals surface area (Å²) in [5.74, 6) is -0.380. The molecule has 5 amide bonds. The summed E-state index contributed by atoms with van der Waals surface area (Å²) in [6.07, 6.45) is 2.10. The molecule has 224 valence electrons. The number of nitrogens with zero attached hydrogens (tertiary/aromatic N) is 1. The van der Waals surface area contributed by atoms with Crippen molar-refractivity contribution < 1.29 is 38.1 Å². The Balaban J connectivity index is 1.48. The lowest BCUT2D eigenvalue weighted by molar-refractivity contribution is -0.122. The SMILES string of the molecule is CCCOc1ccc(N2C(=O)NC(=O)/C(=C\c3ccc(OCC(=O)Nc4ccc(OC)cc4)c(Cl)c3)C2=O)cc1OCC. The van der Waals surface area contributed by atoms with Gasteiger partial charge in [-0.25, -0.2) is 9.69 Å². The van der Waals surface area contributed by atoms with Crippen molar-refractivity contribution in [3.8, 4) is 23.0 Å². The van der Waals surface area contributed by atoms with E-state index in [1.165, 1.54) is 30.3 Å². The summed E-state index contributed by atoms with van der Waals surface area (Å²) in [7, 11) is 1.55. The van der Waals surface area contributed by atoms with Gasteiger partial charge in [0.15, 0.2) is 18.1 Å². The van der Waals surface area contributed by atoms with Gasteiger partial charge in [-0.2, -0.15) is 0 Å². The van der Waals surface area contributed by atoms with Crippen molar-refractivity contribution in [3.63, 3.8) is 0 Å². The number of carbonyl (C=O) groups excluding carboxylic acids is 4. The van der Waals surface area contributed by atoms with E-state index in [1.807, 2.05) is 6.92 Å². The molecule has 2 N–H and O–H groups in total. The number of nitrogens with one attached hydrogen (secondary N) is 2. The molecule has 0 aromatic heterocycles. The molecule has 3 aromatic rings. The first-order valence-corrected chi connectivity index (χ1v) is 13.8. The zero-order valence-electron chi connectivity index (χ0n) is 23.8. The van der Waals surface area contributed by atoms with E-state index in [9.17, 15) is 19.2 Å². The number of amides is 5. The first-order valence-electron chi connectivity index (χ1n) is 13.4. The van der Waals surface area contributed by atoms with Gasteiger partial charge in [0.2, 0.25) is 0 Å². The molecule has 0 saturated carbocycles. The minimum atomic E-state index is -0.897. The first kappa shape index (κ1) is 30.9. The van der Waals surface area contributed by atoms with Gasteiger partial charge in [-0.3, -0.25) is 19.7 Å². The van der Waals surface area contributed by atoms with Gasteiger partial charge in [0, 0.05) is 11.8 Å². The van der Waals surface area contributed by atoms with Gasteiger partial charge in [0.25, 0.3) is 17.7 Å². The molecule has 0 spiro atoms. The second-order valence-electron chi connectivity index (χ2n) is 9.13. The van der Waals surface area contributed by atoms with Crippen molar-refractivity contribution in [3.05, 3.63) is 76.8 Å². The highest BCUT2D eigenvalue weighted by Gasteiger charge is 2.37. The topological polar surface area (TPSA) is 132 Å². The van der Waals surface area contributed by atoms with E-state index >= 15 is 0 Å². The summed E-state index contributed by atoms with van der Waals surface area (Å²) >= 11 is 6.37. The molecule has 0 radical (unpaired) electrons. The number of methoxy groups -OCH3 is 1. The fraction of sp³-hybridized carbons (Fsp3) is 0.226. The minimum Gasteiger partial charge on any atom is -0.497 e. The number of hydrogen-bond acceptors (Lipinski definition) is 8. The predicted molar refractivity (Wildman–Crippen MR) is 161 cm³/mol. The van der Waals surface area contributed by atoms with Crippen molar-refractivity contribution in [1.29, 1.82) is 0 Å². The highest BCUT2D eigenvalue weighted by atomic mass is 35.5. The molecule has 1 saturated heterocycles. The predicted octanol–water partition coefficient (Wildman–Crippen LogP) is 5.22. The van der Waals surface area contributed by atoms with Crippen LogP contribution in [0.4, 0.5) is 16.2 Å². The number of urea groups is 1. The van der Waals surface area contributed by atoms with E-state index in [2.05, 4.69) is 10.6 Å². The van der Waals surface area contributed by atoms with Gasteiger partial charge in [0.05, 0.1) is 31.0 Å². The average molecular weight is 608 g/mol. The summed E-state index contributed by atoms with van der Waals surface area (Å²) in [4.78, 5) is 51.9. The fourth-order valence-electron chi connectivity index (χ4n) is 4.03. The standard InChI is InChI=1S/C31H30ClN3O8/c1-4-14-42-26-13-9-21(17-27(26)41-5-2)35-30(38)23(29(37)34-31(35)39)15-19-6-12-25(24(32)16-19)43-18-28(36)33-20-7-10-22(40-3)11-8-20/h6-13,15-17H,4-5,14,18H2,1-3H3,(H,33,36)(H,34,37,39)/b23-15+. The number of ether oxygens (including phenoxy) is 4. The lowest BCUT2D eigenvalue weighted by Crippen LogP contribution is -2.54. The van der Waals surface area contributed by atoms with Gasteiger partial charge in [-0.1, -0.05) is 24.6 Å². The molecule has 1 fully saturated rings. The number of imide groups is 2. The number of barbiturate groups is 1. The summed E-state index contributed by atoms with van der Waals surface area (Å²) in [5.41, 5.74) is 0.877. The molecule has 12 heteroatoms. The highest BCUT2D eigenvalue weighted by Crippen LogP contribution is 2.34. The van der Waals surface area contributed by atoms with Crippen molar-refractivity contribution >= 4 is 52.8 Å². The van der Waals surface area contributed by atoms with Crippen LogP contribution >= 0.6 is 11.6 Å². The molecule has 43 heavy (non-hydrogen) atoms. The number of halogens is 1. The van der Waals surface area contributed by atoms with Crippen molar-refractivity contribution in [2.75, 3.05) is 37.1 Å². The highest BCUT2D eigenvalue weighted by molar-refractivity contribution is 6.39. The Morgan fingerprint density at radius 3 is 2.35 bits per heavy atom. The molecule has 0 unspecified atom stereocenters. The van der Waals surface area contributed by atoms with E-state index in [0.717, 1.165) is 11.3 Å². The van der Waals surface area contributed by atoms with Gasteiger partial charge in [-0.15, -0.1) is 0 Å². The van der Waals surface area contributed by atoms with E-state index in [4.69, 9.17) is 30.5 Å². The van der Waals surface area contributed by atoms with Crippen LogP contribution in [0.2, 0.25) is 5.02 Å². The third-order valence-electron chi connectivity index (χ3n) is 6.05. The molecule has 11 nitrogen and oxygen atoms in total. The van der Waals surface area contributed by atoms with Crippen LogP contribution in [0.1, 0.15) is 25.8 Å². The van der Waals surface area contributed by atoms with Gasteiger partial charge in [-0.05, 0) is 73.5 Å². The summed E-state index contributed by atoms with van der Waals surface area (Å²) in [5, 5.41) is 5.04. The van der Waals surface area contributed by atoms with Crippen molar-refractivity contribution in [1.82, 2.24) is 5.32 Å². The summed E-state index contributed by atoms with van der Waals surface area (Å²) in [6, 6.07) is 15.1. The van der Waals surface area contributed by atoms with E-state index in [-0.39, 0.29) is 28.6 Å². The number of carbonyl (C=O) groups is 4. The third-order valence-corrected chi connectivity index (χ3v) is 6.34. The Morgan fingerprint density at radius 2 is 1.67 bits per heavy atom. The second-order valence-corrected chi connectivity index (χ2v) is 9.53. The van der Waals surface area contributed by atoms with Crippen LogP contribution in [0.15, 0.2) is 66.2 Å². The zero-order chi connectivity index (χ0) is 30.9. The van der Waals surface area contributed by atoms with Gasteiger partial charge in [0.1, 0.15) is 17.1 Å². The van der Waals surface area contributed by atoms with Crippen LogP contribution in [0.3, 0.4) is 0 Å². The average Bonchev–Trinajstić information content (AvgIpc) is 2.99. The number of anilines is 2. The normalized spacial score (nSPS) is 13.9. The molecule has 3 aromatic carbocycles. The third kappa shape index (κ3) is 7.63. The van der Waals surface area contributed by atoms with Crippen LogP contribution in [-0.2, 0) is 14.4 Å². The summed E-state index contributed by atoms with van der Waals surface area (Å²) in [6.45, 7) is 4.26. The van der Waals surface area contributed by atoms with E-state index < -0.39 is 23.8 Å². The molecule has 1 heterocycles. The molecule has 4 rings (SSSR count). The maximum atomic E-state index is 13.4. The van der Waals surface area contributed by atoms with Crippen molar-refractivity contribution in [2.24, 2.45) is 0 Å². The minimum absolute atomic E-state index is 0.146. The molecule has 0 bridgehead atoms. The van der Waals surface area contributed by atoms with Crippen LogP contribution in [-0.4, -0.2) is 50.7 Å². The Labute approximate surface area is 253 Å². The largest absolute Gasteiger partial charge is 0.497 e. The molecular weight excluding hydrogens is 578 g/mol.